The van der Waals surface area contributed by atoms with Crippen LogP contribution < -0.4 is 10.6 Å². The van der Waals surface area contributed by atoms with Crippen molar-refractivity contribution in [1.29, 1.82) is 0 Å². The van der Waals surface area contributed by atoms with Crippen molar-refractivity contribution in [3.05, 3.63) is 23.0 Å². The van der Waals surface area contributed by atoms with Crippen LogP contribution in [0.25, 0.3) is 0 Å². The lowest BCUT2D eigenvalue weighted by Gasteiger charge is -2.26. The molecule has 1 amide bonds. The standard InChI is InChI=1S/C11H12ClFN2O/c1-2-3-8-11(16)15-9-4-6(12)7(13)5-10(9)14-8/h4-5,8,14H,2-3H2,1H3,(H,15,16). The highest BCUT2D eigenvalue weighted by atomic mass is 35.5. The van der Waals surface area contributed by atoms with Crippen molar-refractivity contribution in [2.45, 2.75) is 25.8 Å². The summed E-state index contributed by atoms with van der Waals surface area (Å²) in [4.78, 5) is 11.6. The van der Waals surface area contributed by atoms with E-state index in [4.69, 9.17) is 11.6 Å². The summed E-state index contributed by atoms with van der Waals surface area (Å²) in [6, 6.07) is 2.43. The van der Waals surface area contributed by atoms with Gasteiger partial charge in [-0.1, -0.05) is 24.9 Å². The van der Waals surface area contributed by atoms with E-state index >= 15 is 0 Å². The number of amides is 1. The third-order valence-corrected chi connectivity index (χ3v) is 2.83. The van der Waals surface area contributed by atoms with E-state index in [0.29, 0.717) is 11.4 Å². The van der Waals surface area contributed by atoms with Gasteiger partial charge in [-0.3, -0.25) is 4.79 Å². The van der Waals surface area contributed by atoms with Crippen LogP contribution in [0.2, 0.25) is 5.02 Å². The molecule has 3 nitrogen and oxygen atoms in total. The van der Waals surface area contributed by atoms with Gasteiger partial charge in [0.2, 0.25) is 5.91 Å². The minimum absolute atomic E-state index is 0.00907. The number of fused-ring (bicyclic) bond motifs is 1. The molecule has 0 bridgehead atoms. The molecule has 1 aromatic carbocycles. The molecule has 5 heteroatoms. The summed E-state index contributed by atoms with van der Waals surface area (Å²) >= 11 is 5.64. The Morgan fingerprint density at radius 1 is 1.44 bits per heavy atom. The number of nitrogens with one attached hydrogen (secondary N) is 2. The fraction of sp³-hybridized carbons (Fsp3) is 0.364. The Bertz CT molecular complexity index is 436. The number of rotatable bonds is 2. The quantitative estimate of drug-likeness (QED) is 0.837. The van der Waals surface area contributed by atoms with Crippen LogP contribution in [0.15, 0.2) is 12.1 Å². The summed E-state index contributed by atoms with van der Waals surface area (Å²) in [6.45, 7) is 1.99. The Hall–Kier alpha value is -1.29. The molecule has 1 heterocycles. The van der Waals surface area contributed by atoms with Crippen molar-refractivity contribution >= 4 is 28.9 Å². The largest absolute Gasteiger partial charge is 0.372 e. The number of benzene rings is 1. The normalized spacial score (nSPS) is 18.7. The number of hydrogen-bond donors (Lipinski definition) is 2. The number of carbonyl (C=O) groups is 1. The van der Waals surface area contributed by atoms with Crippen LogP contribution in [-0.4, -0.2) is 11.9 Å². The van der Waals surface area contributed by atoms with Gasteiger partial charge < -0.3 is 10.6 Å². The van der Waals surface area contributed by atoms with E-state index in [1.807, 2.05) is 6.92 Å². The molecule has 16 heavy (non-hydrogen) atoms. The fourth-order valence-corrected chi connectivity index (χ4v) is 1.90. The zero-order valence-corrected chi connectivity index (χ0v) is 9.57. The molecule has 0 radical (unpaired) electrons. The van der Waals surface area contributed by atoms with E-state index in [2.05, 4.69) is 10.6 Å². The second kappa shape index (κ2) is 4.29. The predicted octanol–water partition coefficient (Wildman–Crippen LogP) is 3.01. The third-order valence-electron chi connectivity index (χ3n) is 2.54. The molecule has 1 aliphatic heterocycles. The molecule has 1 aliphatic rings. The molecule has 1 aromatic rings. The van der Waals surface area contributed by atoms with Crippen molar-refractivity contribution in [3.8, 4) is 0 Å². The summed E-state index contributed by atoms with van der Waals surface area (Å²) in [5.74, 6) is -0.587. The minimum Gasteiger partial charge on any atom is -0.372 e. The summed E-state index contributed by atoms with van der Waals surface area (Å²) in [5, 5.41) is 5.72. The zero-order chi connectivity index (χ0) is 11.7. The van der Waals surface area contributed by atoms with Crippen molar-refractivity contribution in [2.75, 3.05) is 10.6 Å². The molecule has 0 spiro atoms. The van der Waals surface area contributed by atoms with Gasteiger partial charge in [0, 0.05) is 6.07 Å². The maximum absolute atomic E-state index is 13.2. The van der Waals surface area contributed by atoms with Gasteiger partial charge in [0.05, 0.1) is 16.4 Å². The van der Waals surface area contributed by atoms with Gasteiger partial charge in [-0.05, 0) is 12.5 Å². The summed E-state index contributed by atoms with van der Waals surface area (Å²) in [7, 11) is 0. The Morgan fingerprint density at radius 3 is 2.88 bits per heavy atom. The van der Waals surface area contributed by atoms with Crippen molar-refractivity contribution in [1.82, 2.24) is 0 Å². The average Bonchev–Trinajstić information content (AvgIpc) is 2.23. The first-order valence-electron chi connectivity index (χ1n) is 5.18. The second-order valence-electron chi connectivity index (χ2n) is 3.79. The minimum atomic E-state index is -0.487. The van der Waals surface area contributed by atoms with Crippen molar-refractivity contribution < 1.29 is 9.18 Å². The van der Waals surface area contributed by atoms with Gasteiger partial charge >= 0.3 is 0 Å². The van der Waals surface area contributed by atoms with E-state index in [9.17, 15) is 9.18 Å². The lowest BCUT2D eigenvalue weighted by atomic mass is 10.1. The molecule has 1 unspecified atom stereocenters. The highest BCUT2D eigenvalue weighted by Gasteiger charge is 2.25. The molecule has 0 fully saturated rings. The predicted molar refractivity (Wildman–Crippen MR) is 62.4 cm³/mol. The van der Waals surface area contributed by atoms with Crippen LogP contribution in [-0.2, 0) is 4.79 Å². The Balaban J connectivity index is 2.32. The fourth-order valence-electron chi connectivity index (χ4n) is 1.73. The smallest absolute Gasteiger partial charge is 0.246 e. The van der Waals surface area contributed by atoms with E-state index in [0.717, 1.165) is 12.8 Å². The molecule has 0 saturated carbocycles. The number of hydrogen-bond acceptors (Lipinski definition) is 2. The van der Waals surface area contributed by atoms with Crippen LogP contribution in [0, 0.1) is 5.82 Å². The molecular formula is C11H12ClFN2O. The first-order valence-corrected chi connectivity index (χ1v) is 5.56. The van der Waals surface area contributed by atoms with Crippen LogP contribution in [0.5, 0.6) is 0 Å². The third kappa shape index (κ3) is 1.97. The van der Waals surface area contributed by atoms with E-state index in [1.54, 1.807) is 0 Å². The van der Waals surface area contributed by atoms with Gasteiger partial charge in [-0.2, -0.15) is 0 Å². The second-order valence-corrected chi connectivity index (χ2v) is 4.19. The SMILES string of the molecule is CCCC1Nc2cc(F)c(Cl)cc2NC1=O. The Morgan fingerprint density at radius 2 is 2.19 bits per heavy atom. The van der Waals surface area contributed by atoms with Crippen LogP contribution in [0.3, 0.4) is 0 Å². The maximum Gasteiger partial charge on any atom is 0.246 e. The lowest BCUT2D eigenvalue weighted by Crippen LogP contribution is -2.38. The highest BCUT2D eigenvalue weighted by Crippen LogP contribution is 2.32. The first kappa shape index (κ1) is 11.2. The summed E-state index contributed by atoms with van der Waals surface area (Å²) < 4.78 is 13.2. The number of anilines is 2. The van der Waals surface area contributed by atoms with Gasteiger partial charge in [0.1, 0.15) is 11.9 Å². The number of carbonyl (C=O) groups excluding carboxylic acids is 1. The first-order chi connectivity index (χ1) is 7.61. The van der Waals surface area contributed by atoms with Crippen LogP contribution in [0.4, 0.5) is 15.8 Å². The molecule has 2 N–H and O–H groups in total. The average molecular weight is 243 g/mol. The van der Waals surface area contributed by atoms with Crippen molar-refractivity contribution in [3.63, 3.8) is 0 Å². The molecule has 86 valence electrons. The topological polar surface area (TPSA) is 41.1 Å². The molecule has 0 aliphatic carbocycles. The van der Waals surface area contributed by atoms with Gasteiger partial charge in [-0.25, -0.2) is 4.39 Å². The number of halogens is 2. The molecule has 2 rings (SSSR count). The van der Waals surface area contributed by atoms with E-state index in [-0.39, 0.29) is 17.0 Å². The van der Waals surface area contributed by atoms with Gasteiger partial charge in [-0.15, -0.1) is 0 Å². The Kier molecular flexibility index (Phi) is 3.01. The summed E-state index contributed by atoms with van der Waals surface area (Å²) in [6.07, 6.45) is 1.60. The van der Waals surface area contributed by atoms with E-state index < -0.39 is 5.82 Å². The van der Waals surface area contributed by atoms with Crippen LogP contribution >= 0.6 is 11.6 Å². The molecule has 1 atom stereocenters. The summed E-state index contributed by atoms with van der Waals surface area (Å²) in [5.41, 5.74) is 1.11. The van der Waals surface area contributed by atoms with Crippen LogP contribution in [0.1, 0.15) is 19.8 Å². The van der Waals surface area contributed by atoms with Gasteiger partial charge in [0.15, 0.2) is 0 Å². The molecule has 0 saturated heterocycles. The monoisotopic (exact) mass is 242 g/mol. The molecular weight excluding hydrogens is 231 g/mol. The van der Waals surface area contributed by atoms with E-state index in [1.165, 1.54) is 12.1 Å². The molecule has 0 aromatic heterocycles. The zero-order valence-electron chi connectivity index (χ0n) is 8.81. The Labute approximate surface area is 98.0 Å². The maximum atomic E-state index is 13.2. The lowest BCUT2D eigenvalue weighted by molar-refractivity contribution is -0.117. The van der Waals surface area contributed by atoms with Crippen molar-refractivity contribution in [2.24, 2.45) is 0 Å². The highest BCUT2D eigenvalue weighted by molar-refractivity contribution is 6.31. The van der Waals surface area contributed by atoms with Gasteiger partial charge in [0.25, 0.3) is 0 Å².